The van der Waals surface area contributed by atoms with Crippen LogP contribution in [0.5, 0.6) is 0 Å². The summed E-state index contributed by atoms with van der Waals surface area (Å²) in [7, 11) is 0. The molecule has 0 radical (unpaired) electrons. The molecule has 0 bridgehead atoms. The van der Waals surface area contributed by atoms with Gasteiger partial charge in [0.15, 0.2) is 0 Å². The average Bonchev–Trinajstić information content (AvgIpc) is 2.71. The summed E-state index contributed by atoms with van der Waals surface area (Å²) in [6.07, 6.45) is 4.32. The van der Waals surface area contributed by atoms with Crippen molar-refractivity contribution in [1.82, 2.24) is 10.6 Å². The third-order valence-corrected chi connectivity index (χ3v) is 2.68. The van der Waals surface area contributed by atoms with Crippen LogP contribution in [0.2, 0.25) is 0 Å². The highest BCUT2D eigenvalue weighted by Gasteiger charge is 2.14. The molecule has 88 valence electrons. The van der Waals surface area contributed by atoms with Gasteiger partial charge in [-0.25, -0.2) is 4.79 Å². The maximum Gasteiger partial charge on any atom is 0.314 e. The SMILES string of the molecule is CCCCNC(=O)NCCC1CCOC1. The normalized spacial score (nSPS) is 20.2. The molecule has 1 fully saturated rings. The summed E-state index contributed by atoms with van der Waals surface area (Å²) in [5.74, 6) is 0.640. The number of unbranched alkanes of at least 4 members (excludes halogenated alkanes) is 1. The van der Waals surface area contributed by atoms with Crippen LogP contribution in [0.4, 0.5) is 4.79 Å². The number of rotatable bonds is 6. The van der Waals surface area contributed by atoms with E-state index in [0.29, 0.717) is 5.92 Å². The molecule has 0 aromatic heterocycles. The average molecular weight is 214 g/mol. The molecule has 1 aliphatic heterocycles. The quantitative estimate of drug-likeness (QED) is 0.658. The van der Waals surface area contributed by atoms with E-state index in [0.717, 1.165) is 52.0 Å². The fourth-order valence-electron chi connectivity index (χ4n) is 1.64. The lowest BCUT2D eigenvalue weighted by Gasteiger charge is -2.09. The van der Waals surface area contributed by atoms with E-state index in [-0.39, 0.29) is 6.03 Å². The van der Waals surface area contributed by atoms with Crippen molar-refractivity contribution >= 4 is 6.03 Å². The minimum Gasteiger partial charge on any atom is -0.381 e. The van der Waals surface area contributed by atoms with Crippen LogP contribution in [0.25, 0.3) is 0 Å². The molecule has 1 saturated heterocycles. The third kappa shape index (κ3) is 5.62. The van der Waals surface area contributed by atoms with Gasteiger partial charge in [0.1, 0.15) is 0 Å². The van der Waals surface area contributed by atoms with Gasteiger partial charge < -0.3 is 15.4 Å². The minimum absolute atomic E-state index is 0.0395. The maximum absolute atomic E-state index is 11.2. The van der Waals surface area contributed by atoms with Crippen molar-refractivity contribution < 1.29 is 9.53 Å². The topological polar surface area (TPSA) is 50.4 Å². The Hall–Kier alpha value is -0.770. The zero-order valence-electron chi connectivity index (χ0n) is 9.55. The van der Waals surface area contributed by atoms with E-state index in [1.165, 1.54) is 0 Å². The first-order chi connectivity index (χ1) is 7.33. The van der Waals surface area contributed by atoms with Gasteiger partial charge in [0.2, 0.25) is 0 Å². The number of nitrogens with one attached hydrogen (secondary N) is 2. The second-order valence-corrected chi connectivity index (χ2v) is 4.05. The molecule has 0 saturated carbocycles. The van der Waals surface area contributed by atoms with E-state index >= 15 is 0 Å². The van der Waals surface area contributed by atoms with Gasteiger partial charge in [0, 0.05) is 26.3 Å². The lowest BCUT2D eigenvalue weighted by atomic mass is 10.1. The number of hydrogen-bond donors (Lipinski definition) is 2. The van der Waals surface area contributed by atoms with Crippen molar-refractivity contribution in [2.24, 2.45) is 5.92 Å². The Morgan fingerprint density at radius 1 is 1.40 bits per heavy atom. The highest BCUT2D eigenvalue weighted by Crippen LogP contribution is 2.14. The van der Waals surface area contributed by atoms with Crippen LogP contribution >= 0.6 is 0 Å². The second-order valence-electron chi connectivity index (χ2n) is 4.05. The molecule has 0 aromatic carbocycles. The van der Waals surface area contributed by atoms with Gasteiger partial charge in [0.05, 0.1) is 0 Å². The highest BCUT2D eigenvalue weighted by atomic mass is 16.5. The van der Waals surface area contributed by atoms with E-state index in [9.17, 15) is 4.79 Å². The molecule has 4 nitrogen and oxygen atoms in total. The number of amides is 2. The Labute approximate surface area is 91.8 Å². The monoisotopic (exact) mass is 214 g/mol. The fraction of sp³-hybridized carbons (Fsp3) is 0.909. The Bertz CT molecular complexity index is 179. The fourth-order valence-corrected chi connectivity index (χ4v) is 1.64. The van der Waals surface area contributed by atoms with Crippen molar-refractivity contribution in [3.63, 3.8) is 0 Å². The predicted molar refractivity (Wildman–Crippen MR) is 59.9 cm³/mol. The molecule has 0 aromatic rings. The third-order valence-electron chi connectivity index (χ3n) is 2.68. The second kappa shape index (κ2) is 7.51. The smallest absolute Gasteiger partial charge is 0.314 e. The molecule has 1 rings (SSSR count). The lowest BCUT2D eigenvalue weighted by Crippen LogP contribution is -2.37. The van der Waals surface area contributed by atoms with Gasteiger partial charge in [0.25, 0.3) is 0 Å². The van der Waals surface area contributed by atoms with Crippen LogP contribution < -0.4 is 10.6 Å². The van der Waals surface area contributed by atoms with Crippen LogP contribution in [0.3, 0.4) is 0 Å². The highest BCUT2D eigenvalue weighted by molar-refractivity contribution is 5.73. The van der Waals surface area contributed by atoms with E-state index in [2.05, 4.69) is 17.6 Å². The molecular weight excluding hydrogens is 192 g/mol. The summed E-state index contributed by atoms with van der Waals surface area (Å²) >= 11 is 0. The summed E-state index contributed by atoms with van der Waals surface area (Å²) in [6.45, 7) is 5.38. The van der Waals surface area contributed by atoms with E-state index in [4.69, 9.17) is 4.74 Å². The van der Waals surface area contributed by atoms with Gasteiger partial charge in [-0.3, -0.25) is 0 Å². The van der Waals surface area contributed by atoms with Crippen LogP contribution in [-0.2, 0) is 4.74 Å². The molecule has 4 heteroatoms. The zero-order chi connectivity index (χ0) is 10.9. The van der Waals surface area contributed by atoms with Crippen LogP contribution in [-0.4, -0.2) is 32.3 Å². The lowest BCUT2D eigenvalue weighted by molar-refractivity contribution is 0.184. The van der Waals surface area contributed by atoms with Crippen molar-refractivity contribution in [1.29, 1.82) is 0 Å². The Morgan fingerprint density at radius 2 is 2.20 bits per heavy atom. The Kier molecular flexibility index (Phi) is 6.16. The number of ether oxygens (including phenoxy) is 1. The molecule has 0 aliphatic carbocycles. The summed E-state index contributed by atoms with van der Waals surface area (Å²) in [4.78, 5) is 11.2. The molecule has 15 heavy (non-hydrogen) atoms. The van der Waals surface area contributed by atoms with E-state index in [1.807, 2.05) is 0 Å². The van der Waals surface area contributed by atoms with E-state index in [1.54, 1.807) is 0 Å². The first kappa shape index (κ1) is 12.3. The number of carbonyl (C=O) groups excluding carboxylic acids is 1. The zero-order valence-corrected chi connectivity index (χ0v) is 9.55. The predicted octanol–water partition coefficient (Wildman–Crippen LogP) is 1.51. The van der Waals surface area contributed by atoms with Gasteiger partial charge >= 0.3 is 6.03 Å². The molecule has 2 N–H and O–H groups in total. The van der Waals surface area contributed by atoms with Gasteiger partial charge in [-0.2, -0.15) is 0 Å². The molecule has 1 atom stereocenters. The van der Waals surface area contributed by atoms with Crippen LogP contribution in [0.1, 0.15) is 32.6 Å². The van der Waals surface area contributed by atoms with Crippen molar-refractivity contribution in [3.05, 3.63) is 0 Å². The molecule has 0 spiro atoms. The molecule has 1 heterocycles. The Morgan fingerprint density at radius 3 is 2.87 bits per heavy atom. The molecule has 1 aliphatic rings. The number of carbonyl (C=O) groups is 1. The molecular formula is C11H22N2O2. The van der Waals surface area contributed by atoms with Crippen LogP contribution in [0, 0.1) is 5.92 Å². The summed E-state index contributed by atoms with van der Waals surface area (Å²) < 4.78 is 5.27. The number of urea groups is 1. The van der Waals surface area contributed by atoms with Crippen molar-refractivity contribution in [3.8, 4) is 0 Å². The molecule has 1 unspecified atom stereocenters. The van der Waals surface area contributed by atoms with Gasteiger partial charge in [-0.15, -0.1) is 0 Å². The van der Waals surface area contributed by atoms with Gasteiger partial charge in [-0.05, 0) is 25.2 Å². The van der Waals surface area contributed by atoms with Crippen molar-refractivity contribution in [2.45, 2.75) is 32.6 Å². The number of hydrogen-bond acceptors (Lipinski definition) is 2. The van der Waals surface area contributed by atoms with Crippen molar-refractivity contribution in [2.75, 3.05) is 26.3 Å². The molecule has 2 amide bonds. The first-order valence-electron chi connectivity index (χ1n) is 5.92. The van der Waals surface area contributed by atoms with Crippen LogP contribution in [0.15, 0.2) is 0 Å². The maximum atomic E-state index is 11.2. The largest absolute Gasteiger partial charge is 0.381 e. The summed E-state index contributed by atoms with van der Waals surface area (Å²) in [6, 6.07) is -0.0395. The Balaban J connectivity index is 1.91. The van der Waals surface area contributed by atoms with Gasteiger partial charge in [-0.1, -0.05) is 13.3 Å². The van der Waals surface area contributed by atoms with E-state index < -0.39 is 0 Å². The summed E-state index contributed by atoms with van der Waals surface area (Å²) in [5.41, 5.74) is 0. The first-order valence-corrected chi connectivity index (χ1v) is 5.92. The minimum atomic E-state index is -0.0395. The standard InChI is InChI=1S/C11H22N2O2/c1-2-3-6-12-11(14)13-7-4-10-5-8-15-9-10/h10H,2-9H2,1H3,(H2,12,13,14). The summed E-state index contributed by atoms with van der Waals surface area (Å²) in [5, 5.41) is 5.69.